The van der Waals surface area contributed by atoms with E-state index >= 15 is 0 Å². The van der Waals surface area contributed by atoms with Crippen LogP contribution in [-0.4, -0.2) is 28.5 Å². The topological polar surface area (TPSA) is 101 Å². The van der Waals surface area contributed by atoms with Gasteiger partial charge in [-0.15, -0.1) is 0 Å². The Kier molecular flexibility index (Phi) is 4.89. The Hall–Kier alpha value is -1.63. The average Bonchev–Trinajstić information content (AvgIpc) is 2.35. The number of hydrogen-bond acceptors (Lipinski definition) is 4. The highest BCUT2D eigenvalue weighted by molar-refractivity contribution is 9.10. The van der Waals surface area contributed by atoms with E-state index in [1.54, 1.807) is 25.3 Å². The highest BCUT2D eigenvalue weighted by atomic mass is 79.9. The number of carbonyl (C=O) groups excluding carboxylic acids is 1. The number of amidine groups is 1. The van der Waals surface area contributed by atoms with Crippen LogP contribution in [0.5, 0.6) is 0 Å². The van der Waals surface area contributed by atoms with Crippen molar-refractivity contribution in [2.45, 2.75) is 6.92 Å². The molecule has 4 N–H and O–H groups in total. The number of nitrogens with one attached hydrogen (secondary N) is 1. The predicted octanol–water partition coefficient (Wildman–Crippen LogP) is 0.956. The summed E-state index contributed by atoms with van der Waals surface area (Å²) < 4.78 is 0.805. The summed E-state index contributed by atoms with van der Waals surface area (Å²) >= 11 is 3.23. The van der Waals surface area contributed by atoms with Crippen LogP contribution in [0.15, 0.2) is 28.0 Å². The molecule has 0 aliphatic carbocycles. The lowest BCUT2D eigenvalue weighted by Gasteiger charge is -2.10. The maximum atomic E-state index is 11.6. The lowest BCUT2D eigenvalue weighted by molar-refractivity contribution is 0.0946. The largest absolute Gasteiger partial charge is 0.409 e. The molecule has 0 aromatic carbocycles. The summed E-state index contributed by atoms with van der Waals surface area (Å²) in [6.07, 6.45) is 1.54. The van der Waals surface area contributed by atoms with E-state index in [0.717, 1.165) is 4.47 Å². The fraction of sp³-hybridized carbons (Fsp3) is 0.300. The van der Waals surface area contributed by atoms with E-state index in [0.29, 0.717) is 5.69 Å². The number of nitrogens with zero attached hydrogens (tertiary/aromatic N) is 2. The van der Waals surface area contributed by atoms with Crippen molar-refractivity contribution in [2.75, 3.05) is 6.54 Å². The molecule has 0 radical (unpaired) electrons. The van der Waals surface area contributed by atoms with Crippen molar-refractivity contribution < 1.29 is 10.0 Å². The summed E-state index contributed by atoms with van der Waals surface area (Å²) in [5, 5.41) is 14.0. The first kappa shape index (κ1) is 13.4. The van der Waals surface area contributed by atoms with E-state index in [9.17, 15) is 4.79 Å². The molecule has 1 heterocycles. The van der Waals surface area contributed by atoms with Gasteiger partial charge in [-0.25, -0.2) is 4.98 Å². The number of halogens is 1. The summed E-state index contributed by atoms with van der Waals surface area (Å²) in [6.45, 7) is 2.02. The van der Waals surface area contributed by atoms with Crippen LogP contribution in [0.25, 0.3) is 0 Å². The maximum Gasteiger partial charge on any atom is 0.269 e. The van der Waals surface area contributed by atoms with Gasteiger partial charge in [-0.1, -0.05) is 12.1 Å². The summed E-state index contributed by atoms with van der Waals surface area (Å²) in [7, 11) is 0. The zero-order valence-corrected chi connectivity index (χ0v) is 10.8. The molecular weight excluding hydrogens is 288 g/mol. The summed E-state index contributed by atoms with van der Waals surface area (Å²) in [4.78, 5) is 15.6. The molecule has 17 heavy (non-hydrogen) atoms. The number of carbonyl (C=O) groups is 1. The zero-order valence-electron chi connectivity index (χ0n) is 9.22. The quantitative estimate of drug-likeness (QED) is 0.334. The van der Waals surface area contributed by atoms with E-state index in [2.05, 4.69) is 31.4 Å². The lowest BCUT2D eigenvalue weighted by atomic mass is 10.1. The molecule has 6 nitrogen and oxygen atoms in total. The Bertz CT molecular complexity index is 419. The van der Waals surface area contributed by atoms with Crippen molar-refractivity contribution >= 4 is 27.7 Å². The fourth-order valence-corrected chi connectivity index (χ4v) is 1.28. The van der Waals surface area contributed by atoms with Gasteiger partial charge in [0.25, 0.3) is 5.91 Å². The standard InChI is InChI=1S/C10H13BrN4O2/c1-6(9(12)15-17)4-14-10(16)8-3-2-7(11)5-13-8/h2-3,5-6,17H,4H2,1H3,(H2,12,15)(H,14,16). The summed E-state index contributed by atoms with van der Waals surface area (Å²) in [6, 6.07) is 3.34. The molecule has 0 aliphatic heterocycles. The second-order valence-corrected chi connectivity index (χ2v) is 4.41. The van der Waals surface area contributed by atoms with Crippen LogP contribution in [-0.2, 0) is 0 Å². The van der Waals surface area contributed by atoms with Crippen LogP contribution in [0.1, 0.15) is 17.4 Å². The van der Waals surface area contributed by atoms with Crippen LogP contribution in [0, 0.1) is 5.92 Å². The minimum absolute atomic E-state index is 0.0778. The van der Waals surface area contributed by atoms with Crippen LogP contribution >= 0.6 is 15.9 Å². The van der Waals surface area contributed by atoms with Gasteiger partial charge in [-0.2, -0.15) is 0 Å². The van der Waals surface area contributed by atoms with Crippen LogP contribution in [0.2, 0.25) is 0 Å². The van der Waals surface area contributed by atoms with Crippen molar-refractivity contribution in [3.8, 4) is 0 Å². The van der Waals surface area contributed by atoms with Crippen molar-refractivity contribution in [2.24, 2.45) is 16.8 Å². The molecular formula is C10H13BrN4O2. The van der Waals surface area contributed by atoms with Gasteiger partial charge in [0, 0.05) is 23.1 Å². The van der Waals surface area contributed by atoms with Crippen molar-refractivity contribution in [3.05, 3.63) is 28.5 Å². The number of nitrogens with two attached hydrogens (primary N) is 1. The molecule has 1 unspecified atom stereocenters. The minimum Gasteiger partial charge on any atom is -0.409 e. The van der Waals surface area contributed by atoms with Gasteiger partial charge in [0.15, 0.2) is 0 Å². The first-order valence-electron chi connectivity index (χ1n) is 4.91. The highest BCUT2D eigenvalue weighted by Crippen LogP contribution is 2.07. The summed E-state index contributed by atoms with van der Waals surface area (Å²) in [5.74, 6) is -0.455. The van der Waals surface area contributed by atoms with E-state index in [1.165, 1.54) is 0 Å². The molecule has 1 rings (SSSR count). The molecule has 92 valence electrons. The zero-order chi connectivity index (χ0) is 12.8. The Morgan fingerprint density at radius 2 is 2.41 bits per heavy atom. The normalized spacial score (nSPS) is 13.2. The molecule has 1 atom stereocenters. The van der Waals surface area contributed by atoms with Gasteiger partial charge in [-0.05, 0) is 28.1 Å². The van der Waals surface area contributed by atoms with Gasteiger partial charge >= 0.3 is 0 Å². The second-order valence-electron chi connectivity index (χ2n) is 3.50. The van der Waals surface area contributed by atoms with Crippen molar-refractivity contribution in [3.63, 3.8) is 0 Å². The number of pyridine rings is 1. The van der Waals surface area contributed by atoms with Crippen molar-refractivity contribution in [1.29, 1.82) is 0 Å². The molecule has 0 saturated carbocycles. The average molecular weight is 301 g/mol. The van der Waals surface area contributed by atoms with E-state index in [1.807, 2.05) is 0 Å². The monoisotopic (exact) mass is 300 g/mol. The third-order valence-electron chi connectivity index (χ3n) is 2.15. The lowest BCUT2D eigenvalue weighted by Crippen LogP contribution is -2.35. The molecule has 1 aromatic rings. The smallest absolute Gasteiger partial charge is 0.269 e. The third-order valence-corrected chi connectivity index (χ3v) is 2.62. The third kappa shape index (κ3) is 4.03. The number of rotatable bonds is 4. The molecule has 0 fully saturated rings. The first-order chi connectivity index (χ1) is 8.04. The molecule has 1 amide bonds. The maximum absolute atomic E-state index is 11.6. The first-order valence-corrected chi connectivity index (χ1v) is 5.71. The number of oxime groups is 1. The molecule has 0 aliphatic rings. The second kappa shape index (κ2) is 6.19. The molecule has 7 heteroatoms. The Morgan fingerprint density at radius 3 is 2.94 bits per heavy atom. The molecule has 0 saturated heterocycles. The molecule has 0 spiro atoms. The van der Waals surface area contributed by atoms with Gasteiger partial charge in [0.2, 0.25) is 0 Å². The Morgan fingerprint density at radius 1 is 1.71 bits per heavy atom. The van der Waals surface area contributed by atoms with E-state index in [-0.39, 0.29) is 24.2 Å². The van der Waals surface area contributed by atoms with Gasteiger partial charge < -0.3 is 16.3 Å². The number of amides is 1. The van der Waals surface area contributed by atoms with Crippen LogP contribution in [0.4, 0.5) is 0 Å². The van der Waals surface area contributed by atoms with E-state index in [4.69, 9.17) is 10.9 Å². The fourth-order valence-electron chi connectivity index (χ4n) is 1.05. The number of aromatic nitrogens is 1. The molecule has 1 aromatic heterocycles. The van der Waals surface area contributed by atoms with E-state index < -0.39 is 0 Å². The van der Waals surface area contributed by atoms with Crippen molar-refractivity contribution in [1.82, 2.24) is 10.3 Å². The minimum atomic E-state index is -0.296. The Labute approximate surface area is 107 Å². The van der Waals surface area contributed by atoms with Gasteiger partial charge in [-0.3, -0.25) is 4.79 Å². The number of hydrogen-bond donors (Lipinski definition) is 3. The van der Waals surface area contributed by atoms with Crippen LogP contribution in [0.3, 0.4) is 0 Å². The summed E-state index contributed by atoms with van der Waals surface area (Å²) in [5.41, 5.74) is 5.71. The van der Waals surface area contributed by atoms with Gasteiger partial charge in [0.05, 0.1) is 0 Å². The van der Waals surface area contributed by atoms with Crippen LogP contribution < -0.4 is 11.1 Å². The van der Waals surface area contributed by atoms with Gasteiger partial charge in [0.1, 0.15) is 11.5 Å². The predicted molar refractivity (Wildman–Crippen MR) is 66.8 cm³/mol. The highest BCUT2D eigenvalue weighted by Gasteiger charge is 2.11. The molecule has 0 bridgehead atoms. The SMILES string of the molecule is CC(CNC(=O)c1ccc(Br)cn1)C(N)=NO. The Balaban J connectivity index is 2.53.